The van der Waals surface area contributed by atoms with E-state index < -0.39 is 5.97 Å². The first kappa shape index (κ1) is 19.0. The Hall–Kier alpha value is -2.75. The quantitative estimate of drug-likeness (QED) is 0.492. The van der Waals surface area contributed by atoms with Gasteiger partial charge in [-0.1, -0.05) is 65.7 Å². The topological polar surface area (TPSA) is 46.5 Å². The number of ether oxygens (including phenoxy) is 1. The van der Waals surface area contributed by atoms with Crippen LogP contribution in [0.2, 0.25) is 10.0 Å². The van der Waals surface area contributed by atoms with Crippen LogP contribution >= 0.6 is 23.2 Å². The Balaban J connectivity index is 1.77. The van der Waals surface area contributed by atoms with Crippen LogP contribution in [0.5, 0.6) is 5.75 Å². The van der Waals surface area contributed by atoms with Gasteiger partial charge in [0.05, 0.1) is 0 Å². The van der Waals surface area contributed by atoms with Crippen molar-refractivity contribution >= 4 is 35.2 Å². The van der Waals surface area contributed by atoms with Gasteiger partial charge in [0.2, 0.25) is 0 Å². The molecule has 0 radical (unpaired) electrons. The highest BCUT2D eigenvalue weighted by molar-refractivity contribution is 6.35. The predicted molar refractivity (Wildman–Crippen MR) is 109 cm³/mol. The first-order valence-corrected chi connectivity index (χ1v) is 8.96. The summed E-state index contributed by atoms with van der Waals surface area (Å²) >= 11 is 12.3. The van der Waals surface area contributed by atoms with Gasteiger partial charge in [0.1, 0.15) is 12.4 Å². The van der Waals surface area contributed by atoms with Crippen molar-refractivity contribution in [2.24, 2.45) is 0 Å². The zero-order valence-corrected chi connectivity index (χ0v) is 15.7. The van der Waals surface area contributed by atoms with E-state index in [1.165, 1.54) is 0 Å². The molecule has 0 aliphatic rings. The van der Waals surface area contributed by atoms with Gasteiger partial charge in [-0.15, -0.1) is 0 Å². The van der Waals surface area contributed by atoms with Gasteiger partial charge >= 0.3 is 5.97 Å². The number of carbonyl (C=O) groups is 1. The number of carboxylic acid groups (broad SMARTS) is 1. The molecule has 3 aromatic rings. The zero-order valence-electron chi connectivity index (χ0n) is 14.2. The van der Waals surface area contributed by atoms with Crippen LogP contribution in [-0.2, 0) is 11.4 Å². The molecule has 0 aliphatic heterocycles. The molecule has 1 N–H and O–H groups in total. The van der Waals surface area contributed by atoms with Crippen LogP contribution in [0.1, 0.15) is 11.1 Å². The molecule has 0 spiro atoms. The second kappa shape index (κ2) is 8.76. The van der Waals surface area contributed by atoms with Gasteiger partial charge in [-0.3, -0.25) is 0 Å². The van der Waals surface area contributed by atoms with E-state index in [0.717, 1.165) is 28.3 Å². The highest BCUT2D eigenvalue weighted by Crippen LogP contribution is 2.29. The molecule has 0 heterocycles. The summed E-state index contributed by atoms with van der Waals surface area (Å²) in [5, 5.41) is 9.98. The lowest BCUT2D eigenvalue weighted by Crippen LogP contribution is -1.97. The third kappa shape index (κ3) is 4.91. The summed E-state index contributed by atoms with van der Waals surface area (Å²) in [5.74, 6) is -0.292. The Kier molecular flexibility index (Phi) is 6.17. The first-order valence-electron chi connectivity index (χ1n) is 8.21. The molecule has 3 aromatic carbocycles. The Bertz CT molecular complexity index is 959. The van der Waals surface area contributed by atoms with E-state index in [0.29, 0.717) is 15.8 Å². The summed E-state index contributed by atoms with van der Waals surface area (Å²) in [6.45, 7) is 0.274. The number of halogens is 2. The van der Waals surface area contributed by atoms with Crippen molar-refractivity contribution in [1.29, 1.82) is 0 Å². The Labute approximate surface area is 167 Å². The smallest absolute Gasteiger partial charge is 0.328 e. The summed E-state index contributed by atoms with van der Waals surface area (Å²) in [7, 11) is 0. The van der Waals surface area contributed by atoms with Gasteiger partial charge in [-0.05, 0) is 47.0 Å². The summed E-state index contributed by atoms with van der Waals surface area (Å²) in [4.78, 5) is 10.8. The van der Waals surface area contributed by atoms with Crippen LogP contribution in [0.3, 0.4) is 0 Å². The molecule has 136 valence electrons. The molecule has 0 saturated heterocycles. The van der Waals surface area contributed by atoms with Gasteiger partial charge in [-0.25, -0.2) is 4.79 Å². The van der Waals surface area contributed by atoms with E-state index in [9.17, 15) is 4.79 Å². The normalized spacial score (nSPS) is 10.9. The fourth-order valence-corrected chi connectivity index (χ4v) is 3.13. The van der Waals surface area contributed by atoms with Crippen molar-refractivity contribution in [2.75, 3.05) is 0 Å². The van der Waals surface area contributed by atoms with Crippen molar-refractivity contribution in [3.05, 3.63) is 94.0 Å². The van der Waals surface area contributed by atoms with E-state index in [2.05, 4.69) is 0 Å². The van der Waals surface area contributed by atoms with Crippen molar-refractivity contribution in [3.8, 4) is 16.9 Å². The lowest BCUT2D eigenvalue weighted by Gasteiger charge is -2.11. The molecule has 0 bridgehead atoms. The highest BCUT2D eigenvalue weighted by Gasteiger charge is 2.07. The van der Waals surface area contributed by atoms with Gasteiger partial charge in [0.15, 0.2) is 0 Å². The van der Waals surface area contributed by atoms with Gasteiger partial charge in [0, 0.05) is 21.7 Å². The van der Waals surface area contributed by atoms with Crippen LogP contribution in [0.15, 0.2) is 72.8 Å². The minimum Gasteiger partial charge on any atom is -0.489 e. The van der Waals surface area contributed by atoms with Crippen molar-refractivity contribution in [1.82, 2.24) is 0 Å². The van der Waals surface area contributed by atoms with Crippen LogP contribution < -0.4 is 4.74 Å². The molecule has 0 aromatic heterocycles. The lowest BCUT2D eigenvalue weighted by atomic mass is 9.99. The maximum absolute atomic E-state index is 10.8. The second-order valence-corrected chi connectivity index (χ2v) is 6.59. The number of rotatable bonds is 6. The average Bonchev–Trinajstić information content (AvgIpc) is 2.67. The molecule has 0 fully saturated rings. The minimum absolute atomic E-state index is 0.274. The largest absolute Gasteiger partial charge is 0.489 e. The third-order valence-corrected chi connectivity index (χ3v) is 4.68. The van der Waals surface area contributed by atoms with Crippen LogP contribution in [0, 0.1) is 0 Å². The first-order chi connectivity index (χ1) is 13.0. The summed E-state index contributed by atoms with van der Waals surface area (Å²) in [5.41, 5.74) is 3.48. The van der Waals surface area contributed by atoms with E-state index in [4.69, 9.17) is 33.0 Å². The van der Waals surface area contributed by atoms with Gasteiger partial charge in [-0.2, -0.15) is 0 Å². The maximum atomic E-state index is 10.8. The Morgan fingerprint density at radius 1 is 0.926 bits per heavy atom. The lowest BCUT2D eigenvalue weighted by molar-refractivity contribution is -0.131. The summed E-state index contributed by atoms with van der Waals surface area (Å²) in [6, 6.07) is 20.5. The SMILES string of the molecule is O=C(O)/C=C/c1ccccc1-c1ccc(OCc2c(Cl)cccc2Cl)cc1. The number of hydrogen-bond donors (Lipinski definition) is 1. The van der Waals surface area contributed by atoms with E-state index >= 15 is 0 Å². The Morgan fingerprint density at radius 3 is 2.26 bits per heavy atom. The third-order valence-electron chi connectivity index (χ3n) is 3.98. The molecule has 0 atom stereocenters. The van der Waals surface area contributed by atoms with Gasteiger partial charge < -0.3 is 9.84 Å². The van der Waals surface area contributed by atoms with E-state index in [1.807, 2.05) is 48.5 Å². The van der Waals surface area contributed by atoms with Crippen LogP contribution in [0.4, 0.5) is 0 Å². The molecule has 0 saturated carbocycles. The highest BCUT2D eigenvalue weighted by atomic mass is 35.5. The average molecular weight is 399 g/mol. The second-order valence-electron chi connectivity index (χ2n) is 5.77. The molecular formula is C22H16Cl2O3. The van der Waals surface area contributed by atoms with Crippen molar-refractivity contribution in [2.45, 2.75) is 6.61 Å². The molecule has 3 rings (SSSR count). The summed E-state index contributed by atoms with van der Waals surface area (Å²) < 4.78 is 5.79. The zero-order chi connectivity index (χ0) is 19.2. The Morgan fingerprint density at radius 2 is 1.59 bits per heavy atom. The minimum atomic E-state index is -0.980. The monoisotopic (exact) mass is 398 g/mol. The number of hydrogen-bond acceptors (Lipinski definition) is 2. The van der Waals surface area contributed by atoms with Crippen LogP contribution in [0.25, 0.3) is 17.2 Å². The number of aliphatic carboxylic acids is 1. The molecule has 0 unspecified atom stereocenters. The van der Waals surface area contributed by atoms with E-state index in [1.54, 1.807) is 24.3 Å². The molecule has 0 aliphatic carbocycles. The predicted octanol–water partition coefficient (Wildman–Crippen LogP) is 6.34. The molecular weight excluding hydrogens is 383 g/mol. The molecule has 3 nitrogen and oxygen atoms in total. The number of benzene rings is 3. The van der Waals surface area contributed by atoms with Gasteiger partial charge in [0.25, 0.3) is 0 Å². The van der Waals surface area contributed by atoms with Crippen molar-refractivity contribution < 1.29 is 14.6 Å². The fraction of sp³-hybridized carbons (Fsp3) is 0.0455. The maximum Gasteiger partial charge on any atom is 0.328 e. The summed E-state index contributed by atoms with van der Waals surface area (Å²) in [6.07, 6.45) is 2.71. The molecule has 0 amide bonds. The van der Waals surface area contributed by atoms with E-state index in [-0.39, 0.29) is 6.61 Å². The molecule has 5 heteroatoms. The fourth-order valence-electron chi connectivity index (χ4n) is 2.62. The standard InChI is InChI=1S/C22H16Cl2O3/c23-20-6-3-7-21(24)19(20)14-27-17-11-8-16(9-12-17)18-5-2-1-4-15(18)10-13-22(25)26/h1-13H,14H2,(H,25,26)/b13-10+. The van der Waals surface area contributed by atoms with Crippen LogP contribution in [-0.4, -0.2) is 11.1 Å². The molecule has 27 heavy (non-hydrogen) atoms. The number of carboxylic acids is 1. The van der Waals surface area contributed by atoms with Crippen molar-refractivity contribution in [3.63, 3.8) is 0 Å².